The van der Waals surface area contributed by atoms with Crippen molar-refractivity contribution in [2.75, 3.05) is 11.4 Å². The average molecular weight is 327 g/mol. The highest BCUT2D eigenvalue weighted by atomic mass is 16.3. The van der Waals surface area contributed by atoms with Crippen molar-refractivity contribution in [2.24, 2.45) is 0 Å². The Labute approximate surface area is 140 Å². The predicted octanol–water partition coefficient (Wildman–Crippen LogP) is 1.33. The molecule has 1 N–H and O–H groups in total. The average Bonchev–Trinajstić information content (AvgIpc) is 2.59. The van der Waals surface area contributed by atoms with Gasteiger partial charge in [-0.2, -0.15) is 5.10 Å². The SMILES string of the molecule is Cc1nn(CC(=O)N2CCCc3ccccc32)c(=O)c(CO)c1C. The first kappa shape index (κ1) is 16.4. The van der Waals surface area contributed by atoms with Crippen LogP contribution in [0, 0.1) is 13.8 Å². The van der Waals surface area contributed by atoms with E-state index in [0.717, 1.165) is 28.8 Å². The van der Waals surface area contributed by atoms with Crippen LogP contribution < -0.4 is 10.5 Å². The minimum atomic E-state index is -0.403. The van der Waals surface area contributed by atoms with Gasteiger partial charge in [0.05, 0.1) is 12.3 Å². The van der Waals surface area contributed by atoms with Crippen LogP contribution in [0.15, 0.2) is 29.1 Å². The smallest absolute Gasteiger partial charge is 0.273 e. The molecule has 24 heavy (non-hydrogen) atoms. The first-order valence-corrected chi connectivity index (χ1v) is 8.09. The van der Waals surface area contributed by atoms with Gasteiger partial charge in [-0.25, -0.2) is 4.68 Å². The second-order valence-corrected chi connectivity index (χ2v) is 6.09. The molecule has 2 heterocycles. The van der Waals surface area contributed by atoms with E-state index in [1.807, 2.05) is 24.3 Å². The van der Waals surface area contributed by atoms with Crippen molar-refractivity contribution < 1.29 is 9.90 Å². The molecule has 1 amide bonds. The third-order valence-electron chi connectivity index (χ3n) is 4.61. The Morgan fingerprint density at radius 3 is 2.79 bits per heavy atom. The van der Waals surface area contributed by atoms with Crippen molar-refractivity contribution in [3.8, 4) is 0 Å². The van der Waals surface area contributed by atoms with Crippen LogP contribution >= 0.6 is 0 Å². The molecule has 2 aromatic rings. The summed E-state index contributed by atoms with van der Waals surface area (Å²) < 4.78 is 1.16. The van der Waals surface area contributed by atoms with Crippen molar-refractivity contribution in [1.82, 2.24) is 9.78 Å². The summed E-state index contributed by atoms with van der Waals surface area (Å²) in [5, 5.41) is 13.6. The molecule has 1 aromatic carbocycles. The van der Waals surface area contributed by atoms with E-state index in [2.05, 4.69) is 5.10 Å². The molecule has 0 aliphatic carbocycles. The van der Waals surface area contributed by atoms with E-state index in [9.17, 15) is 14.7 Å². The summed E-state index contributed by atoms with van der Waals surface area (Å²) in [6.45, 7) is 3.69. The molecule has 0 spiro atoms. The molecule has 1 aliphatic heterocycles. The Morgan fingerprint density at radius 1 is 1.29 bits per heavy atom. The number of aliphatic hydroxyl groups is 1. The number of hydrogen-bond acceptors (Lipinski definition) is 4. The minimum Gasteiger partial charge on any atom is -0.391 e. The van der Waals surface area contributed by atoms with E-state index in [1.165, 1.54) is 0 Å². The van der Waals surface area contributed by atoms with Gasteiger partial charge in [-0.1, -0.05) is 18.2 Å². The van der Waals surface area contributed by atoms with Gasteiger partial charge < -0.3 is 10.0 Å². The fourth-order valence-corrected chi connectivity index (χ4v) is 3.14. The van der Waals surface area contributed by atoms with Crippen LogP contribution in [0.2, 0.25) is 0 Å². The molecule has 0 bridgehead atoms. The molecule has 3 rings (SSSR count). The molecule has 1 aromatic heterocycles. The van der Waals surface area contributed by atoms with Gasteiger partial charge in [-0.05, 0) is 43.9 Å². The van der Waals surface area contributed by atoms with Crippen molar-refractivity contribution >= 4 is 11.6 Å². The molecular formula is C18H21N3O3. The number of fused-ring (bicyclic) bond motifs is 1. The zero-order chi connectivity index (χ0) is 17.3. The summed E-state index contributed by atoms with van der Waals surface area (Å²) in [4.78, 5) is 26.9. The van der Waals surface area contributed by atoms with Crippen molar-refractivity contribution in [2.45, 2.75) is 39.8 Å². The van der Waals surface area contributed by atoms with E-state index in [-0.39, 0.29) is 19.1 Å². The highest BCUT2D eigenvalue weighted by molar-refractivity contribution is 5.94. The summed E-state index contributed by atoms with van der Waals surface area (Å²) in [6, 6.07) is 7.84. The van der Waals surface area contributed by atoms with Gasteiger partial charge in [0.1, 0.15) is 6.54 Å². The highest BCUT2D eigenvalue weighted by Crippen LogP contribution is 2.26. The van der Waals surface area contributed by atoms with Gasteiger partial charge in [0.15, 0.2) is 0 Å². The number of aliphatic hydroxyl groups excluding tert-OH is 1. The van der Waals surface area contributed by atoms with Crippen LogP contribution in [0.25, 0.3) is 0 Å². The monoisotopic (exact) mass is 327 g/mol. The number of rotatable bonds is 3. The van der Waals surface area contributed by atoms with Crippen LogP contribution in [0.3, 0.4) is 0 Å². The maximum Gasteiger partial charge on any atom is 0.273 e. The van der Waals surface area contributed by atoms with Gasteiger partial charge in [0.25, 0.3) is 5.56 Å². The number of aromatic nitrogens is 2. The van der Waals surface area contributed by atoms with Crippen LogP contribution in [-0.4, -0.2) is 27.3 Å². The number of benzene rings is 1. The van der Waals surface area contributed by atoms with Crippen LogP contribution in [0.1, 0.15) is 28.8 Å². The molecule has 0 unspecified atom stereocenters. The molecule has 0 saturated carbocycles. The quantitative estimate of drug-likeness (QED) is 0.923. The van der Waals surface area contributed by atoms with Gasteiger partial charge in [0, 0.05) is 17.8 Å². The Balaban J connectivity index is 1.92. The highest BCUT2D eigenvalue weighted by Gasteiger charge is 2.23. The maximum atomic E-state index is 12.7. The van der Waals surface area contributed by atoms with Crippen LogP contribution in [0.4, 0.5) is 5.69 Å². The minimum absolute atomic E-state index is 0.124. The maximum absolute atomic E-state index is 12.7. The molecule has 126 valence electrons. The second kappa shape index (κ2) is 6.57. The lowest BCUT2D eigenvalue weighted by molar-refractivity contribution is -0.119. The van der Waals surface area contributed by atoms with E-state index >= 15 is 0 Å². The molecule has 0 radical (unpaired) electrons. The number of anilines is 1. The number of para-hydroxylation sites is 1. The summed E-state index contributed by atoms with van der Waals surface area (Å²) in [5.41, 5.74) is 3.27. The lowest BCUT2D eigenvalue weighted by atomic mass is 10.0. The van der Waals surface area contributed by atoms with Crippen molar-refractivity contribution in [1.29, 1.82) is 0 Å². The number of carbonyl (C=O) groups is 1. The van der Waals surface area contributed by atoms with Gasteiger partial charge >= 0.3 is 0 Å². The second-order valence-electron chi connectivity index (χ2n) is 6.09. The molecule has 0 fully saturated rings. The Hall–Kier alpha value is -2.47. The van der Waals surface area contributed by atoms with E-state index in [4.69, 9.17) is 0 Å². The number of nitrogens with zero attached hydrogens (tertiary/aromatic N) is 3. The standard InChI is InChI=1S/C18H21N3O3/c1-12-13(2)19-21(18(24)15(12)11-22)10-17(23)20-9-5-7-14-6-3-4-8-16(14)20/h3-4,6,8,22H,5,7,9-11H2,1-2H3. The predicted molar refractivity (Wildman–Crippen MR) is 91.0 cm³/mol. The fraction of sp³-hybridized carbons (Fsp3) is 0.389. The third-order valence-corrected chi connectivity index (χ3v) is 4.61. The topological polar surface area (TPSA) is 75.4 Å². The van der Waals surface area contributed by atoms with Gasteiger partial charge in [0.2, 0.25) is 5.91 Å². The molecule has 6 nitrogen and oxygen atoms in total. The largest absolute Gasteiger partial charge is 0.391 e. The normalized spacial score (nSPS) is 13.7. The van der Waals surface area contributed by atoms with E-state index < -0.39 is 5.56 Å². The Kier molecular flexibility index (Phi) is 4.49. The number of aryl methyl sites for hydroxylation is 2. The number of hydrogen-bond donors (Lipinski definition) is 1. The lowest BCUT2D eigenvalue weighted by Gasteiger charge is -2.29. The summed E-state index contributed by atoms with van der Waals surface area (Å²) in [7, 11) is 0. The zero-order valence-electron chi connectivity index (χ0n) is 14.0. The van der Waals surface area contributed by atoms with E-state index in [1.54, 1.807) is 18.7 Å². The first-order valence-electron chi connectivity index (χ1n) is 8.09. The van der Waals surface area contributed by atoms with Crippen LogP contribution in [0.5, 0.6) is 0 Å². The fourth-order valence-electron chi connectivity index (χ4n) is 3.14. The number of amides is 1. The van der Waals surface area contributed by atoms with Gasteiger partial charge in [-0.15, -0.1) is 0 Å². The Morgan fingerprint density at radius 2 is 2.04 bits per heavy atom. The summed E-state index contributed by atoms with van der Waals surface area (Å²) in [6.07, 6.45) is 1.86. The molecule has 1 aliphatic rings. The number of carbonyl (C=O) groups excluding carboxylic acids is 1. The van der Waals surface area contributed by atoms with E-state index in [0.29, 0.717) is 23.4 Å². The third kappa shape index (κ3) is 2.85. The van der Waals surface area contributed by atoms with Crippen molar-refractivity contribution in [3.05, 3.63) is 57.0 Å². The molecule has 6 heteroatoms. The first-order chi connectivity index (χ1) is 11.5. The summed E-state index contributed by atoms with van der Waals surface area (Å²) >= 11 is 0. The van der Waals surface area contributed by atoms with Crippen molar-refractivity contribution in [3.63, 3.8) is 0 Å². The van der Waals surface area contributed by atoms with Crippen LogP contribution in [-0.2, 0) is 24.4 Å². The zero-order valence-corrected chi connectivity index (χ0v) is 14.0. The lowest BCUT2D eigenvalue weighted by Crippen LogP contribution is -2.41. The molecule has 0 saturated heterocycles. The Bertz CT molecular complexity index is 842. The summed E-state index contributed by atoms with van der Waals surface area (Å²) in [5.74, 6) is -0.163. The molecule has 0 atom stereocenters. The van der Waals surface area contributed by atoms with Gasteiger partial charge in [-0.3, -0.25) is 9.59 Å². The molecular weight excluding hydrogens is 306 g/mol.